The molecular weight excluding hydrogens is 637 g/mol. The SMILES string of the molecule is C=CC=CC(=C)C(=C)C=CC(=C)N(C=CC=C(C=C)c1cc2c3ccccc3n3c4ccccc4c(c1)c23)C(C=C)=Cc1csc2ccccc12. The van der Waals surface area contributed by atoms with Crippen LogP contribution in [-0.4, -0.2) is 9.30 Å². The number of nitrogens with zero attached hydrogens (tertiary/aromatic N) is 2. The Labute approximate surface area is 303 Å². The molecule has 0 bridgehead atoms. The summed E-state index contributed by atoms with van der Waals surface area (Å²) in [4.78, 5) is 2.04. The quantitative estimate of drug-likeness (QED) is 0.110. The molecule has 7 rings (SSSR count). The molecular formula is C48H38N2S. The second kappa shape index (κ2) is 14.2. The van der Waals surface area contributed by atoms with E-state index in [2.05, 4.69) is 146 Å². The Morgan fingerprint density at radius 1 is 0.667 bits per heavy atom. The molecule has 4 aromatic carbocycles. The van der Waals surface area contributed by atoms with Crippen LogP contribution in [0.4, 0.5) is 0 Å². The van der Waals surface area contributed by atoms with Crippen molar-refractivity contribution in [3.05, 3.63) is 224 Å². The Bertz CT molecular complexity index is 2610. The molecule has 0 aliphatic rings. The smallest absolute Gasteiger partial charge is 0.0620 e. The van der Waals surface area contributed by atoms with E-state index in [1.165, 1.54) is 48.2 Å². The number of aromatic nitrogens is 1. The van der Waals surface area contributed by atoms with Gasteiger partial charge in [0.05, 0.1) is 16.6 Å². The molecule has 0 aliphatic carbocycles. The van der Waals surface area contributed by atoms with E-state index in [0.717, 1.165) is 39.2 Å². The second-order valence-corrected chi connectivity index (χ2v) is 13.2. The van der Waals surface area contributed by atoms with Crippen molar-refractivity contribution >= 4 is 71.2 Å². The summed E-state index contributed by atoms with van der Waals surface area (Å²) in [6.45, 7) is 24.9. The number of allylic oxidation sites excluding steroid dienone is 12. The number of hydrogen-bond acceptors (Lipinski definition) is 2. The van der Waals surface area contributed by atoms with E-state index < -0.39 is 0 Å². The van der Waals surface area contributed by atoms with Gasteiger partial charge in [-0.05, 0) is 93.2 Å². The van der Waals surface area contributed by atoms with Gasteiger partial charge in [-0.2, -0.15) is 0 Å². The van der Waals surface area contributed by atoms with Crippen LogP contribution in [0.3, 0.4) is 0 Å². The third-order valence-electron chi connectivity index (χ3n) is 9.20. The predicted molar refractivity (Wildman–Crippen MR) is 226 cm³/mol. The fraction of sp³-hybridized carbons (Fsp3) is 0. The third-order valence-corrected chi connectivity index (χ3v) is 10.2. The molecule has 3 heterocycles. The van der Waals surface area contributed by atoms with Crippen LogP contribution >= 0.6 is 11.3 Å². The zero-order valence-corrected chi connectivity index (χ0v) is 29.4. The highest BCUT2D eigenvalue weighted by atomic mass is 32.1. The zero-order valence-electron chi connectivity index (χ0n) is 28.6. The Kier molecular flexibility index (Phi) is 9.22. The molecule has 246 valence electrons. The highest BCUT2D eigenvalue weighted by Crippen LogP contribution is 2.41. The molecule has 0 unspecified atom stereocenters. The normalized spacial score (nSPS) is 12.8. The van der Waals surface area contributed by atoms with Gasteiger partial charge in [0.15, 0.2) is 0 Å². The van der Waals surface area contributed by atoms with Crippen LogP contribution in [0.1, 0.15) is 11.1 Å². The van der Waals surface area contributed by atoms with Gasteiger partial charge in [0.1, 0.15) is 0 Å². The molecule has 3 aromatic heterocycles. The number of fused-ring (bicyclic) bond motifs is 7. The first-order valence-corrected chi connectivity index (χ1v) is 17.6. The fourth-order valence-electron chi connectivity index (χ4n) is 6.65. The van der Waals surface area contributed by atoms with E-state index in [4.69, 9.17) is 0 Å². The maximum absolute atomic E-state index is 4.45. The summed E-state index contributed by atoms with van der Waals surface area (Å²) in [5.41, 5.74) is 10.1. The molecule has 7 aromatic rings. The van der Waals surface area contributed by atoms with Gasteiger partial charge in [0.25, 0.3) is 0 Å². The lowest BCUT2D eigenvalue weighted by Gasteiger charge is -2.22. The van der Waals surface area contributed by atoms with E-state index in [1.54, 1.807) is 17.4 Å². The van der Waals surface area contributed by atoms with Gasteiger partial charge in [-0.3, -0.25) is 0 Å². The highest BCUT2D eigenvalue weighted by Gasteiger charge is 2.18. The van der Waals surface area contributed by atoms with Gasteiger partial charge in [-0.25, -0.2) is 0 Å². The lowest BCUT2D eigenvalue weighted by Crippen LogP contribution is -2.12. The minimum atomic E-state index is 0.742. The molecule has 0 radical (unpaired) electrons. The highest BCUT2D eigenvalue weighted by molar-refractivity contribution is 7.17. The van der Waals surface area contributed by atoms with Gasteiger partial charge in [-0.15, -0.1) is 11.3 Å². The number of benzene rings is 4. The molecule has 0 aliphatic heterocycles. The number of thiophene rings is 1. The van der Waals surface area contributed by atoms with Gasteiger partial charge < -0.3 is 9.30 Å². The van der Waals surface area contributed by atoms with Crippen LogP contribution < -0.4 is 0 Å². The standard InChI is InChI=1S/C48H38N2S/c1-7-10-18-33(4)34(5)26-27-35(6)49(39(9-3)29-38-32-51-47-25-16-13-20-40(38)47)28-17-19-36(8-2)37-30-43-41-21-11-14-23-45(41)50-46-24-15-12-22-42(46)44(31-37)48(43)50/h7-32H,1-6H2. The van der Waals surface area contributed by atoms with Gasteiger partial charge in [-0.1, -0.05) is 131 Å². The van der Waals surface area contributed by atoms with Crippen LogP contribution in [0.15, 0.2) is 213 Å². The third kappa shape index (κ3) is 6.16. The van der Waals surface area contributed by atoms with Crippen LogP contribution in [-0.2, 0) is 0 Å². The van der Waals surface area contributed by atoms with Gasteiger partial charge >= 0.3 is 0 Å². The van der Waals surface area contributed by atoms with Crippen LogP contribution in [0.5, 0.6) is 0 Å². The lowest BCUT2D eigenvalue weighted by molar-refractivity contribution is 0.621. The molecule has 0 spiro atoms. The lowest BCUT2D eigenvalue weighted by atomic mass is 9.99. The first kappa shape index (κ1) is 33.1. The Balaban J connectivity index is 1.30. The van der Waals surface area contributed by atoms with Crippen molar-refractivity contribution in [2.75, 3.05) is 0 Å². The van der Waals surface area contributed by atoms with Crippen molar-refractivity contribution in [2.45, 2.75) is 0 Å². The van der Waals surface area contributed by atoms with Crippen LogP contribution in [0.2, 0.25) is 0 Å². The molecule has 2 nitrogen and oxygen atoms in total. The summed E-state index contributed by atoms with van der Waals surface area (Å²) in [7, 11) is 0. The first-order chi connectivity index (χ1) is 24.9. The Morgan fingerprint density at radius 3 is 1.94 bits per heavy atom. The summed E-state index contributed by atoms with van der Waals surface area (Å²) in [6, 6.07) is 30.3. The molecule has 51 heavy (non-hydrogen) atoms. The average molecular weight is 675 g/mol. The molecule has 0 saturated heterocycles. The van der Waals surface area contributed by atoms with Gasteiger partial charge in [0, 0.05) is 43.8 Å². The van der Waals surface area contributed by atoms with E-state index in [9.17, 15) is 0 Å². The van der Waals surface area contributed by atoms with E-state index >= 15 is 0 Å². The maximum atomic E-state index is 4.45. The van der Waals surface area contributed by atoms with Gasteiger partial charge in [0.2, 0.25) is 0 Å². The maximum Gasteiger partial charge on any atom is 0.0620 e. The topological polar surface area (TPSA) is 7.65 Å². The largest absolute Gasteiger partial charge is 0.318 e. The Hall–Kier alpha value is -6.42. The second-order valence-electron chi connectivity index (χ2n) is 12.3. The van der Waals surface area contributed by atoms with Crippen molar-refractivity contribution in [2.24, 2.45) is 0 Å². The van der Waals surface area contributed by atoms with Crippen molar-refractivity contribution in [1.29, 1.82) is 0 Å². The van der Waals surface area contributed by atoms with Crippen molar-refractivity contribution < 1.29 is 0 Å². The Morgan fingerprint density at radius 2 is 1.29 bits per heavy atom. The van der Waals surface area contributed by atoms with E-state index in [-0.39, 0.29) is 0 Å². The molecule has 0 N–H and O–H groups in total. The molecule has 0 amide bonds. The molecule has 3 heteroatoms. The van der Waals surface area contributed by atoms with Crippen molar-refractivity contribution in [1.82, 2.24) is 9.30 Å². The average Bonchev–Trinajstić information content (AvgIpc) is 3.84. The van der Waals surface area contributed by atoms with Crippen LogP contribution in [0, 0.1) is 0 Å². The summed E-state index contributed by atoms with van der Waals surface area (Å²) in [6.07, 6.45) is 21.4. The molecule has 0 fully saturated rings. The first-order valence-electron chi connectivity index (χ1n) is 16.8. The zero-order chi connectivity index (χ0) is 35.5. The van der Waals surface area contributed by atoms with E-state index in [1.807, 2.05) is 53.6 Å². The molecule has 0 saturated carbocycles. The number of hydrogen-bond donors (Lipinski definition) is 0. The van der Waals surface area contributed by atoms with Crippen LogP contribution in [0.25, 0.3) is 59.8 Å². The summed E-state index contributed by atoms with van der Waals surface area (Å²) in [5.74, 6) is 0. The fourth-order valence-corrected chi connectivity index (χ4v) is 7.57. The summed E-state index contributed by atoms with van der Waals surface area (Å²) >= 11 is 1.73. The minimum absolute atomic E-state index is 0.742. The van der Waals surface area contributed by atoms with E-state index in [0.29, 0.717) is 0 Å². The van der Waals surface area contributed by atoms with Crippen molar-refractivity contribution in [3.8, 4) is 0 Å². The minimum Gasteiger partial charge on any atom is -0.318 e. The number of para-hydroxylation sites is 2. The molecule has 0 atom stereocenters. The predicted octanol–water partition coefficient (Wildman–Crippen LogP) is 13.6. The summed E-state index contributed by atoms with van der Waals surface area (Å²) in [5, 5.41) is 8.32. The monoisotopic (exact) mass is 674 g/mol. The summed E-state index contributed by atoms with van der Waals surface area (Å²) < 4.78 is 3.63. The number of rotatable bonds is 13. The van der Waals surface area contributed by atoms with Crippen molar-refractivity contribution in [3.63, 3.8) is 0 Å².